The predicted octanol–water partition coefficient (Wildman–Crippen LogP) is 0.650. The van der Waals surface area contributed by atoms with Crippen LogP contribution in [-0.4, -0.2) is 14.2 Å². The van der Waals surface area contributed by atoms with Crippen LogP contribution in [0.15, 0.2) is 30.6 Å². The Morgan fingerprint density at radius 1 is 1.21 bits per heavy atom. The molecule has 0 aliphatic carbocycles. The fourth-order valence-corrected chi connectivity index (χ4v) is 1.97. The van der Waals surface area contributed by atoms with Crippen molar-refractivity contribution in [2.45, 2.75) is 0 Å². The van der Waals surface area contributed by atoms with Crippen LogP contribution in [0, 0.1) is 0 Å². The largest absolute Gasteiger partial charge is 0.356 e. The van der Waals surface area contributed by atoms with Gasteiger partial charge in [-0.2, -0.15) is 0 Å². The lowest BCUT2D eigenvalue weighted by molar-refractivity contribution is -0.648. The number of rotatable bonds is 0. The van der Waals surface area contributed by atoms with Crippen molar-refractivity contribution in [2.24, 2.45) is 14.1 Å². The highest BCUT2D eigenvalue weighted by Crippen LogP contribution is 2.15. The minimum atomic E-state index is 1.09. The van der Waals surface area contributed by atoms with E-state index in [-0.39, 0.29) is 0 Å². The number of fused-ring (bicyclic) bond motifs is 3. The maximum atomic E-state index is 4.33. The number of hydrogen-bond acceptors (Lipinski definition) is 1. The van der Waals surface area contributed by atoms with Gasteiger partial charge in [-0.1, -0.05) is 16.6 Å². The first-order chi connectivity index (χ1) is 6.79. The summed E-state index contributed by atoms with van der Waals surface area (Å²) in [4.78, 5) is 0. The highest BCUT2D eigenvalue weighted by molar-refractivity contribution is 5.79. The molecule has 0 radical (unpaired) electrons. The maximum Gasteiger partial charge on any atom is 0.356 e. The van der Waals surface area contributed by atoms with Gasteiger partial charge < -0.3 is 0 Å². The van der Waals surface area contributed by atoms with Gasteiger partial charge in [-0.15, -0.1) is 0 Å². The number of aromatic nitrogens is 4. The zero-order valence-electron chi connectivity index (χ0n) is 8.18. The minimum absolute atomic E-state index is 1.09. The average molecular weight is 187 g/mol. The molecular formula is C10H11N4+. The summed E-state index contributed by atoms with van der Waals surface area (Å²) in [5.74, 6) is 1.09. The van der Waals surface area contributed by atoms with Crippen molar-refractivity contribution in [1.29, 1.82) is 0 Å². The Morgan fingerprint density at radius 2 is 1.93 bits per heavy atom. The summed E-state index contributed by atoms with van der Waals surface area (Å²) in [7, 11) is 4.06. The second-order valence-electron chi connectivity index (χ2n) is 3.50. The Labute approximate surface area is 81.0 Å². The monoisotopic (exact) mass is 187 g/mol. The molecule has 2 aromatic heterocycles. The molecule has 3 rings (SSSR count). The molecular weight excluding hydrogens is 176 g/mol. The van der Waals surface area contributed by atoms with Gasteiger partial charge in [-0.05, 0) is 17.2 Å². The third kappa shape index (κ3) is 0.731. The molecule has 0 fully saturated rings. The maximum absolute atomic E-state index is 4.33. The normalized spacial score (nSPS) is 11.6. The molecule has 0 aliphatic heterocycles. The summed E-state index contributed by atoms with van der Waals surface area (Å²) < 4.78 is 6.11. The number of aryl methyl sites for hydroxylation is 2. The molecule has 4 heteroatoms. The van der Waals surface area contributed by atoms with Crippen LogP contribution < -0.4 is 4.57 Å². The molecule has 0 bridgehead atoms. The predicted molar refractivity (Wildman–Crippen MR) is 52.8 cm³/mol. The minimum Gasteiger partial charge on any atom is -0.249 e. The van der Waals surface area contributed by atoms with Gasteiger partial charge in [0.2, 0.25) is 6.33 Å². The second-order valence-corrected chi connectivity index (χ2v) is 3.50. The molecule has 1 aromatic carbocycles. The standard InChI is InChI=1S/C10H11N4/c1-12-7-11-14-9-6-4-3-5-8(9)13(2)10(12)14/h3-7H,1-2H3/q+1. The molecule has 0 N–H and O–H groups in total. The van der Waals surface area contributed by atoms with E-state index < -0.39 is 0 Å². The number of imidazole rings is 1. The fraction of sp³-hybridized carbons (Fsp3) is 0.200. The van der Waals surface area contributed by atoms with Crippen molar-refractivity contribution >= 4 is 16.8 Å². The molecule has 0 aliphatic rings. The molecule has 3 aromatic rings. The first kappa shape index (κ1) is 7.55. The Balaban J connectivity index is 2.69. The Kier molecular flexibility index (Phi) is 1.27. The Bertz CT molecular complexity index is 617. The molecule has 70 valence electrons. The number of nitrogens with zero attached hydrogens (tertiary/aromatic N) is 4. The van der Waals surface area contributed by atoms with Crippen molar-refractivity contribution in [3.8, 4) is 0 Å². The van der Waals surface area contributed by atoms with E-state index in [0.717, 1.165) is 11.3 Å². The molecule has 0 amide bonds. The summed E-state index contributed by atoms with van der Waals surface area (Å²) in [5.41, 5.74) is 2.34. The topological polar surface area (TPSA) is 26.1 Å². The summed E-state index contributed by atoms with van der Waals surface area (Å²) in [6.45, 7) is 0. The lowest BCUT2D eigenvalue weighted by Crippen LogP contribution is -2.27. The van der Waals surface area contributed by atoms with Crippen LogP contribution >= 0.6 is 0 Å². The highest BCUT2D eigenvalue weighted by atomic mass is 15.4. The van der Waals surface area contributed by atoms with Gasteiger partial charge in [-0.25, -0.2) is 9.13 Å². The quantitative estimate of drug-likeness (QED) is 0.474. The first-order valence-electron chi connectivity index (χ1n) is 4.56. The van der Waals surface area contributed by atoms with E-state index in [9.17, 15) is 0 Å². The smallest absolute Gasteiger partial charge is 0.249 e. The first-order valence-corrected chi connectivity index (χ1v) is 4.56. The van der Waals surface area contributed by atoms with E-state index in [1.54, 1.807) is 0 Å². The van der Waals surface area contributed by atoms with Gasteiger partial charge >= 0.3 is 5.78 Å². The molecule has 0 spiro atoms. The van der Waals surface area contributed by atoms with Crippen LogP contribution in [-0.2, 0) is 14.1 Å². The SMILES string of the molecule is Cn1c2ccccc2n2nc[n+](C)c12. The number of para-hydroxylation sites is 2. The van der Waals surface area contributed by atoms with Gasteiger partial charge in [0.25, 0.3) is 0 Å². The fourth-order valence-electron chi connectivity index (χ4n) is 1.97. The second kappa shape index (κ2) is 2.35. The van der Waals surface area contributed by atoms with Crippen LogP contribution in [0.5, 0.6) is 0 Å². The Hall–Kier alpha value is -1.84. The molecule has 14 heavy (non-hydrogen) atoms. The van der Waals surface area contributed by atoms with Crippen LogP contribution in [0.4, 0.5) is 0 Å². The van der Waals surface area contributed by atoms with E-state index in [1.807, 2.05) is 34.6 Å². The average Bonchev–Trinajstić information content (AvgIpc) is 2.70. The zero-order valence-corrected chi connectivity index (χ0v) is 8.18. The van der Waals surface area contributed by atoms with Gasteiger partial charge in [0, 0.05) is 7.05 Å². The van der Waals surface area contributed by atoms with E-state index >= 15 is 0 Å². The van der Waals surface area contributed by atoms with Gasteiger partial charge in [0.15, 0.2) is 5.52 Å². The van der Waals surface area contributed by atoms with Crippen molar-refractivity contribution in [2.75, 3.05) is 0 Å². The van der Waals surface area contributed by atoms with Crippen LogP contribution in [0.2, 0.25) is 0 Å². The van der Waals surface area contributed by atoms with E-state index in [4.69, 9.17) is 0 Å². The van der Waals surface area contributed by atoms with E-state index in [2.05, 4.69) is 28.8 Å². The molecule has 4 nitrogen and oxygen atoms in total. The summed E-state index contributed by atoms with van der Waals surface area (Å²) >= 11 is 0. The summed E-state index contributed by atoms with van der Waals surface area (Å²) in [6, 6.07) is 8.25. The third-order valence-electron chi connectivity index (χ3n) is 2.62. The lowest BCUT2D eigenvalue weighted by Gasteiger charge is -1.89. The van der Waals surface area contributed by atoms with Crippen molar-refractivity contribution in [1.82, 2.24) is 14.2 Å². The number of hydrogen-bond donors (Lipinski definition) is 0. The number of benzene rings is 1. The molecule has 0 unspecified atom stereocenters. The van der Waals surface area contributed by atoms with E-state index in [1.165, 1.54) is 5.52 Å². The third-order valence-corrected chi connectivity index (χ3v) is 2.62. The molecule has 2 heterocycles. The molecule has 0 atom stereocenters. The van der Waals surface area contributed by atoms with Crippen LogP contribution in [0.25, 0.3) is 16.8 Å². The molecule has 0 saturated carbocycles. The summed E-state index contributed by atoms with van der Waals surface area (Å²) in [5, 5.41) is 4.33. The van der Waals surface area contributed by atoms with E-state index in [0.29, 0.717) is 0 Å². The van der Waals surface area contributed by atoms with Gasteiger partial charge in [0.05, 0.1) is 7.05 Å². The molecule has 0 saturated heterocycles. The zero-order chi connectivity index (χ0) is 9.71. The van der Waals surface area contributed by atoms with Gasteiger partial charge in [0.1, 0.15) is 5.52 Å². The van der Waals surface area contributed by atoms with Crippen LogP contribution in [0.3, 0.4) is 0 Å². The van der Waals surface area contributed by atoms with Crippen LogP contribution in [0.1, 0.15) is 0 Å². The van der Waals surface area contributed by atoms with Gasteiger partial charge in [-0.3, -0.25) is 0 Å². The van der Waals surface area contributed by atoms with Crippen molar-refractivity contribution < 1.29 is 4.57 Å². The van der Waals surface area contributed by atoms with Crippen molar-refractivity contribution in [3.05, 3.63) is 30.6 Å². The lowest BCUT2D eigenvalue weighted by atomic mass is 10.3. The van der Waals surface area contributed by atoms with Crippen molar-refractivity contribution in [3.63, 3.8) is 0 Å². The highest BCUT2D eigenvalue weighted by Gasteiger charge is 2.17. The summed E-state index contributed by atoms with van der Waals surface area (Å²) in [6.07, 6.45) is 1.82. The Morgan fingerprint density at radius 3 is 2.71 bits per heavy atom.